The van der Waals surface area contributed by atoms with Crippen molar-refractivity contribution in [3.63, 3.8) is 0 Å². The average Bonchev–Trinajstić information content (AvgIpc) is 2.68. The summed E-state index contributed by atoms with van der Waals surface area (Å²) in [5.41, 5.74) is 11.4. The van der Waals surface area contributed by atoms with E-state index in [0.717, 1.165) is 6.42 Å². The van der Waals surface area contributed by atoms with Crippen molar-refractivity contribution in [3.8, 4) is 0 Å². The van der Waals surface area contributed by atoms with E-state index in [9.17, 15) is 19.2 Å². The highest BCUT2D eigenvalue weighted by Crippen LogP contribution is 2.09. The first-order valence-corrected chi connectivity index (χ1v) is 11.3. The summed E-state index contributed by atoms with van der Waals surface area (Å²) in [4.78, 5) is 49.1. The number of nitrogens with one attached hydrogen (secondary N) is 3. The maximum absolute atomic E-state index is 12.9. The third-order valence-corrected chi connectivity index (χ3v) is 5.06. The molecule has 0 heterocycles. The number of carbonyl (C=O) groups is 4. The van der Waals surface area contributed by atoms with Crippen LogP contribution in [0.4, 0.5) is 0 Å². The van der Waals surface area contributed by atoms with Crippen molar-refractivity contribution in [3.05, 3.63) is 0 Å². The number of carboxylic acids is 1. The van der Waals surface area contributed by atoms with Crippen LogP contribution >= 0.6 is 12.6 Å². The first-order valence-electron chi connectivity index (χ1n) is 10.6. The van der Waals surface area contributed by atoms with Crippen LogP contribution in [0.1, 0.15) is 53.4 Å². The third kappa shape index (κ3) is 11.4. The van der Waals surface area contributed by atoms with Gasteiger partial charge in [-0.1, -0.05) is 34.1 Å². The lowest BCUT2D eigenvalue weighted by molar-refractivity contribution is -0.141. The van der Waals surface area contributed by atoms with E-state index in [0.29, 0.717) is 25.8 Å². The molecule has 0 aliphatic heterocycles. The molecule has 0 aliphatic carbocycles. The van der Waals surface area contributed by atoms with E-state index in [1.165, 1.54) is 0 Å². The molecular formula is C20H39N5O5S. The van der Waals surface area contributed by atoms with Gasteiger partial charge in [-0.2, -0.15) is 12.6 Å². The van der Waals surface area contributed by atoms with Crippen molar-refractivity contribution in [2.75, 3.05) is 12.3 Å². The molecule has 11 heteroatoms. The molecule has 0 saturated heterocycles. The topological polar surface area (TPSA) is 177 Å². The molecule has 0 aromatic carbocycles. The van der Waals surface area contributed by atoms with Gasteiger partial charge in [-0.05, 0) is 37.6 Å². The molecule has 0 aliphatic rings. The maximum atomic E-state index is 12.9. The van der Waals surface area contributed by atoms with Crippen molar-refractivity contribution in [1.82, 2.24) is 16.0 Å². The summed E-state index contributed by atoms with van der Waals surface area (Å²) in [6.07, 6.45) is 2.21. The van der Waals surface area contributed by atoms with Gasteiger partial charge in [0.1, 0.15) is 18.1 Å². The number of hydrogen-bond acceptors (Lipinski definition) is 7. The van der Waals surface area contributed by atoms with Crippen molar-refractivity contribution in [1.29, 1.82) is 0 Å². The quantitative estimate of drug-likeness (QED) is 0.128. The second kappa shape index (κ2) is 15.0. The van der Waals surface area contributed by atoms with Crippen LogP contribution in [0.2, 0.25) is 0 Å². The Balaban J connectivity index is 5.24. The van der Waals surface area contributed by atoms with E-state index in [4.69, 9.17) is 16.6 Å². The van der Waals surface area contributed by atoms with Crippen LogP contribution in [0.25, 0.3) is 0 Å². The summed E-state index contributed by atoms with van der Waals surface area (Å²) >= 11 is 3.94. The van der Waals surface area contributed by atoms with Gasteiger partial charge < -0.3 is 32.5 Å². The Morgan fingerprint density at radius 3 is 1.94 bits per heavy atom. The van der Waals surface area contributed by atoms with Crippen LogP contribution in [-0.2, 0) is 19.2 Å². The number of rotatable bonds is 15. The van der Waals surface area contributed by atoms with Crippen LogP contribution in [-0.4, -0.2) is 65.3 Å². The van der Waals surface area contributed by atoms with E-state index in [-0.39, 0.29) is 17.6 Å². The minimum absolute atomic E-state index is 0.0541. The van der Waals surface area contributed by atoms with E-state index < -0.39 is 47.9 Å². The van der Waals surface area contributed by atoms with Crippen molar-refractivity contribution in [2.45, 2.75) is 77.5 Å². The van der Waals surface area contributed by atoms with Gasteiger partial charge >= 0.3 is 5.97 Å². The standard InChI is InChI=1S/C20H39N5O5S/c1-11(2)9-14(18(27)24-15(10-31)20(29)30)23-19(28)16(12(3)4)25-17(26)13(22)7-5-6-8-21/h11-16,31H,5-10,21-22H2,1-4H3,(H,23,28)(H,24,27)(H,25,26)(H,29,30). The molecule has 0 radical (unpaired) electrons. The summed E-state index contributed by atoms with van der Waals surface area (Å²) in [7, 11) is 0. The van der Waals surface area contributed by atoms with Gasteiger partial charge in [0.25, 0.3) is 0 Å². The highest BCUT2D eigenvalue weighted by Gasteiger charge is 2.31. The summed E-state index contributed by atoms with van der Waals surface area (Å²) < 4.78 is 0. The number of hydrogen-bond donors (Lipinski definition) is 7. The molecule has 3 amide bonds. The zero-order valence-corrected chi connectivity index (χ0v) is 19.8. The number of carbonyl (C=O) groups excluding carboxylic acids is 3. The lowest BCUT2D eigenvalue weighted by Gasteiger charge is -2.27. The van der Waals surface area contributed by atoms with E-state index >= 15 is 0 Å². The summed E-state index contributed by atoms with van der Waals surface area (Å²) in [6, 6.07) is -3.78. The predicted molar refractivity (Wildman–Crippen MR) is 122 cm³/mol. The monoisotopic (exact) mass is 461 g/mol. The minimum Gasteiger partial charge on any atom is -0.480 e. The number of aliphatic carboxylic acids is 1. The van der Waals surface area contributed by atoms with Crippen molar-refractivity contribution >= 4 is 36.3 Å². The Morgan fingerprint density at radius 2 is 1.48 bits per heavy atom. The number of nitrogens with two attached hydrogens (primary N) is 2. The van der Waals surface area contributed by atoms with Crippen LogP contribution in [0.3, 0.4) is 0 Å². The molecule has 8 N–H and O–H groups in total. The number of amides is 3. The Kier molecular flexibility index (Phi) is 14.1. The Hall–Kier alpha value is -1.85. The normalized spacial score (nSPS) is 15.1. The fourth-order valence-electron chi connectivity index (χ4n) is 2.86. The van der Waals surface area contributed by atoms with Gasteiger partial charge in [0.2, 0.25) is 17.7 Å². The average molecular weight is 462 g/mol. The second-order valence-corrected chi connectivity index (χ2v) is 8.76. The molecule has 0 bridgehead atoms. The van der Waals surface area contributed by atoms with Crippen LogP contribution in [0.15, 0.2) is 0 Å². The highest BCUT2D eigenvalue weighted by atomic mass is 32.1. The molecule has 31 heavy (non-hydrogen) atoms. The van der Waals surface area contributed by atoms with Gasteiger partial charge in [-0.3, -0.25) is 14.4 Å². The van der Waals surface area contributed by atoms with E-state index in [1.807, 2.05) is 13.8 Å². The van der Waals surface area contributed by atoms with Crippen molar-refractivity contribution in [2.24, 2.45) is 23.3 Å². The summed E-state index contributed by atoms with van der Waals surface area (Å²) in [5.74, 6) is -3.10. The first-order chi connectivity index (χ1) is 14.4. The number of unbranched alkanes of at least 4 members (excludes halogenated alkanes) is 1. The van der Waals surface area contributed by atoms with Gasteiger partial charge in [0, 0.05) is 5.75 Å². The van der Waals surface area contributed by atoms with Gasteiger partial charge in [-0.25, -0.2) is 4.79 Å². The van der Waals surface area contributed by atoms with Gasteiger partial charge in [-0.15, -0.1) is 0 Å². The molecule has 0 rings (SSSR count). The highest BCUT2D eigenvalue weighted by molar-refractivity contribution is 7.80. The molecule has 0 spiro atoms. The molecule has 0 aromatic heterocycles. The molecule has 10 nitrogen and oxygen atoms in total. The number of thiol groups is 1. The second-order valence-electron chi connectivity index (χ2n) is 8.39. The fraction of sp³-hybridized carbons (Fsp3) is 0.800. The maximum Gasteiger partial charge on any atom is 0.327 e. The molecular weight excluding hydrogens is 422 g/mol. The molecule has 180 valence electrons. The lowest BCUT2D eigenvalue weighted by Crippen LogP contribution is -2.58. The van der Waals surface area contributed by atoms with Crippen LogP contribution in [0, 0.1) is 11.8 Å². The Morgan fingerprint density at radius 1 is 0.903 bits per heavy atom. The first kappa shape index (κ1) is 29.1. The van der Waals surface area contributed by atoms with Crippen LogP contribution < -0.4 is 27.4 Å². The zero-order valence-electron chi connectivity index (χ0n) is 18.9. The predicted octanol–water partition coefficient (Wildman–Crippen LogP) is -0.386. The largest absolute Gasteiger partial charge is 0.480 e. The minimum atomic E-state index is -1.21. The third-order valence-electron chi connectivity index (χ3n) is 4.69. The molecule has 0 aromatic rings. The van der Waals surface area contributed by atoms with Crippen LogP contribution in [0.5, 0.6) is 0 Å². The summed E-state index contributed by atoms with van der Waals surface area (Å²) in [5, 5.41) is 16.8. The number of carboxylic acid groups (broad SMARTS) is 1. The molecule has 4 atom stereocenters. The Bertz CT molecular complexity index is 603. The Labute approximate surface area is 190 Å². The van der Waals surface area contributed by atoms with E-state index in [1.54, 1.807) is 13.8 Å². The SMILES string of the molecule is CC(C)CC(NC(=O)C(NC(=O)C(N)CCCCN)C(C)C)C(=O)NC(CS)C(=O)O. The summed E-state index contributed by atoms with van der Waals surface area (Å²) in [6.45, 7) is 7.80. The van der Waals surface area contributed by atoms with Gasteiger partial charge in [0.05, 0.1) is 6.04 Å². The zero-order chi connectivity index (χ0) is 24.1. The smallest absolute Gasteiger partial charge is 0.327 e. The molecule has 0 fully saturated rings. The van der Waals surface area contributed by atoms with Crippen molar-refractivity contribution < 1.29 is 24.3 Å². The van der Waals surface area contributed by atoms with Gasteiger partial charge in [0.15, 0.2) is 0 Å². The van der Waals surface area contributed by atoms with E-state index in [2.05, 4.69) is 28.6 Å². The lowest BCUT2D eigenvalue weighted by atomic mass is 9.99. The molecule has 4 unspecified atom stereocenters. The fourth-order valence-corrected chi connectivity index (χ4v) is 3.10. The molecule has 0 saturated carbocycles.